The van der Waals surface area contributed by atoms with Gasteiger partial charge in [-0.2, -0.15) is 0 Å². The van der Waals surface area contributed by atoms with E-state index in [0.29, 0.717) is 6.10 Å². The number of nitrogens with one attached hydrogen (secondary N) is 1. The molecule has 0 heterocycles. The molecule has 1 rings (SSSR count). The van der Waals surface area contributed by atoms with E-state index in [9.17, 15) is 0 Å². The van der Waals surface area contributed by atoms with Crippen LogP contribution in [0.15, 0.2) is 29.2 Å². The van der Waals surface area contributed by atoms with E-state index in [1.54, 1.807) is 7.11 Å². The zero-order valence-electron chi connectivity index (χ0n) is 12.1. The normalized spacial score (nSPS) is 13.6. The highest BCUT2D eigenvalue weighted by molar-refractivity contribution is 7.99. The Bertz CT molecular complexity index is 343. The van der Waals surface area contributed by atoms with Crippen molar-refractivity contribution in [3.05, 3.63) is 29.8 Å². The molecule has 1 unspecified atom stereocenters. The Morgan fingerprint density at radius 1 is 1.22 bits per heavy atom. The van der Waals surface area contributed by atoms with Crippen LogP contribution in [0.25, 0.3) is 0 Å². The average Bonchev–Trinajstić information content (AvgIpc) is 2.33. The number of benzene rings is 1. The Morgan fingerprint density at radius 2 is 1.83 bits per heavy atom. The number of hydrogen-bond acceptors (Lipinski definition) is 3. The highest BCUT2D eigenvalue weighted by atomic mass is 32.2. The predicted octanol–water partition coefficient (Wildman–Crippen LogP) is 3.70. The molecule has 0 aliphatic heterocycles. The summed E-state index contributed by atoms with van der Waals surface area (Å²) in [5.74, 6) is 0.996. The summed E-state index contributed by atoms with van der Waals surface area (Å²) < 4.78 is 5.24. The first-order valence-electron chi connectivity index (χ1n) is 6.40. The molecule has 2 nitrogen and oxygen atoms in total. The minimum absolute atomic E-state index is 0.168. The molecule has 0 radical (unpaired) electrons. The second-order valence-electron chi connectivity index (χ2n) is 5.60. The molecule has 1 aromatic rings. The average molecular weight is 267 g/mol. The molecule has 0 fully saturated rings. The van der Waals surface area contributed by atoms with Crippen LogP contribution in [0.1, 0.15) is 33.3 Å². The van der Waals surface area contributed by atoms with Crippen LogP contribution in [0.2, 0.25) is 0 Å². The maximum absolute atomic E-state index is 5.24. The molecule has 0 spiro atoms. The van der Waals surface area contributed by atoms with E-state index in [0.717, 1.165) is 12.3 Å². The van der Waals surface area contributed by atoms with Gasteiger partial charge in [-0.05, 0) is 45.4 Å². The molecule has 0 bridgehead atoms. The van der Waals surface area contributed by atoms with E-state index in [2.05, 4.69) is 57.3 Å². The largest absolute Gasteiger partial charge is 0.381 e. The monoisotopic (exact) mass is 267 g/mol. The van der Waals surface area contributed by atoms with Gasteiger partial charge in [0.1, 0.15) is 0 Å². The molecule has 102 valence electrons. The third-order valence-electron chi connectivity index (χ3n) is 2.63. The number of rotatable bonds is 6. The summed E-state index contributed by atoms with van der Waals surface area (Å²) in [7, 11) is 1.76. The maximum Gasteiger partial charge on any atom is 0.0637 e. The summed E-state index contributed by atoms with van der Waals surface area (Å²) in [4.78, 5) is 1.30. The van der Waals surface area contributed by atoms with Gasteiger partial charge < -0.3 is 10.1 Å². The lowest BCUT2D eigenvalue weighted by molar-refractivity contribution is 0.138. The third kappa shape index (κ3) is 6.43. The molecule has 1 N–H and O–H groups in total. The lowest BCUT2D eigenvalue weighted by atomic mass is 10.1. The van der Waals surface area contributed by atoms with Gasteiger partial charge in [0.2, 0.25) is 0 Å². The Morgan fingerprint density at radius 3 is 2.33 bits per heavy atom. The van der Waals surface area contributed by atoms with Gasteiger partial charge in [-0.1, -0.05) is 12.1 Å². The van der Waals surface area contributed by atoms with E-state index < -0.39 is 0 Å². The summed E-state index contributed by atoms with van der Waals surface area (Å²) in [6, 6.07) is 8.76. The van der Waals surface area contributed by atoms with Gasteiger partial charge in [0.15, 0.2) is 0 Å². The number of ether oxygens (including phenoxy) is 1. The lowest BCUT2D eigenvalue weighted by Gasteiger charge is -2.20. The summed E-state index contributed by atoms with van der Waals surface area (Å²) in [5.41, 5.74) is 1.50. The van der Waals surface area contributed by atoms with E-state index in [1.807, 2.05) is 11.8 Å². The minimum Gasteiger partial charge on any atom is -0.381 e. The molecule has 3 heteroatoms. The van der Waals surface area contributed by atoms with Crippen LogP contribution in [0.3, 0.4) is 0 Å². The van der Waals surface area contributed by atoms with Gasteiger partial charge in [-0.15, -0.1) is 11.8 Å². The van der Waals surface area contributed by atoms with E-state index in [-0.39, 0.29) is 5.54 Å². The minimum atomic E-state index is 0.168. The summed E-state index contributed by atoms with van der Waals surface area (Å²) in [6.07, 6.45) is 0.303. The van der Waals surface area contributed by atoms with Crippen LogP contribution < -0.4 is 5.32 Å². The molecule has 1 aromatic carbocycles. The van der Waals surface area contributed by atoms with Crippen molar-refractivity contribution in [3.8, 4) is 0 Å². The molecule has 0 aliphatic rings. The summed E-state index contributed by atoms with van der Waals surface area (Å²) in [6.45, 7) is 9.56. The van der Waals surface area contributed by atoms with Gasteiger partial charge in [0.05, 0.1) is 6.10 Å². The van der Waals surface area contributed by atoms with Crippen molar-refractivity contribution in [2.45, 2.75) is 50.8 Å². The van der Waals surface area contributed by atoms with E-state index in [4.69, 9.17) is 4.74 Å². The van der Waals surface area contributed by atoms with Crippen LogP contribution in [0, 0.1) is 0 Å². The zero-order chi connectivity index (χ0) is 13.6. The van der Waals surface area contributed by atoms with Crippen molar-refractivity contribution >= 4 is 11.8 Å². The Hall–Kier alpha value is -0.510. The molecule has 0 saturated heterocycles. The van der Waals surface area contributed by atoms with Crippen LogP contribution in [0.4, 0.5) is 0 Å². The molecular weight excluding hydrogens is 242 g/mol. The number of hydrogen-bond donors (Lipinski definition) is 1. The highest BCUT2D eigenvalue weighted by Gasteiger charge is 2.08. The quantitative estimate of drug-likeness (QED) is 0.794. The second-order valence-corrected chi connectivity index (χ2v) is 6.70. The van der Waals surface area contributed by atoms with Gasteiger partial charge >= 0.3 is 0 Å². The second kappa shape index (κ2) is 7.17. The van der Waals surface area contributed by atoms with Gasteiger partial charge in [0, 0.05) is 29.8 Å². The predicted molar refractivity (Wildman–Crippen MR) is 80.2 cm³/mol. The first-order valence-corrected chi connectivity index (χ1v) is 7.39. The fourth-order valence-electron chi connectivity index (χ4n) is 1.35. The molecule has 0 amide bonds. The van der Waals surface area contributed by atoms with Crippen LogP contribution in [0.5, 0.6) is 0 Å². The Balaban J connectivity index is 2.42. The topological polar surface area (TPSA) is 21.3 Å². The fourth-order valence-corrected chi connectivity index (χ4v) is 2.24. The standard InChI is InChI=1S/C15H25NOS/c1-12(17-5)11-18-14-8-6-13(7-9-14)10-16-15(2,3)4/h6-9,12,16H,10-11H2,1-5H3. The molecule has 1 atom stereocenters. The van der Waals surface area contributed by atoms with Crippen molar-refractivity contribution < 1.29 is 4.74 Å². The highest BCUT2D eigenvalue weighted by Crippen LogP contribution is 2.20. The van der Waals surface area contributed by atoms with E-state index >= 15 is 0 Å². The molecule has 0 saturated carbocycles. The SMILES string of the molecule is COC(C)CSc1ccc(CNC(C)(C)C)cc1. The number of methoxy groups -OCH3 is 1. The molecule has 0 aromatic heterocycles. The molecule has 18 heavy (non-hydrogen) atoms. The maximum atomic E-state index is 5.24. The first kappa shape index (κ1) is 15.5. The van der Waals surface area contributed by atoms with Crippen molar-refractivity contribution in [1.82, 2.24) is 5.32 Å². The molecular formula is C15H25NOS. The van der Waals surface area contributed by atoms with Gasteiger partial charge in [-0.25, -0.2) is 0 Å². The Kier molecular flexibility index (Phi) is 6.19. The van der Waals surface area contributed by atoms with Crippen LogP contribution >= 0.6 is 11.8 Å². The first-order chi connectivity index (χ1) is 8.40. The van der Waals surface area contributed by atoms with Gasteiger partial charge in [0.25, 0.3) is 0 Å². The Labute approximate surface area is 116 Å². The summed E-state index contributed by atoms with van der Waals surface area (Å²) >= 11 is 1.84. The van der Waals surface area contributed by atoms with E-state index in [1.165, 1.54) is 10.5 Å². The van der Waals surface area contributed by atoms with Crippen LogP contribution in [-0.4, -0.2) is 24.5 Å². The zero-order valence-corrected chi connectivity index (χ0v) is 12.9. The van der Waals surface area contributed by atoms with Crippen LogP contribution in [-0.2, 0) is 11.3 Å². The third-order valence-corrected chi connectivity index (χ3v) is 3.87. The lowest BCUT2D eigenvalue weighted by Crippen LogP contribution is -2.35. The smallest absolute Gasteiger partial charge is 0.0637 e. The number of thioether (sulfide) groups is 1. The van der Waals surface area contributed by atoms with Crippen molar-refractivity contribution in [1.29, 1.82) is 0 Å². The van der Waals surface area contributed by atoms with Crippen molar-refractivity contribution in [2.24, 2.45) is 0 Å². The van der Waals surface area contributed by atoms with Crippen molar-refractivity contribution in [2.75, 3.05) is 12.9 Å². The van der Waals surface area contributed by atoms with Crippen molar-refractivity contribution in [3.63, 3.8) is 0 Å². The van der Waals surface area contributed by atoms with Gasteiger partial charge in [-0.3, -0.25) is 0 Å². The molecule has 0 aliphatic carbocycles. The summed E-state index contributed by atoms with van der Waals surface area (Å²) in [5, 5.41) is 3.49. The fraction of sp³-hybridized carbons (Fsp3) is 0.600.